The summed E-state index contributed by atoms with van der Waals surface area (Å²) in [5.74, 6) is -1.13. The summed E-state index contributed by atoms with van der Waals surface area (Å²) in [5, 5.41) is 11.8. The van der Waals surface area contributed by atoms with Crippen LogP contribution in [0, 0.1) is 5.82 Å². The van der Waals surface area contributed by atoms with Crippen molar-refractivity contribution < 1.29 is 19.1 Å². The van der Waals surface area contributed by atoms with Crippen LogP contribution in [0.1, 0.15) is 16.9 Å². The fourth-order valence-corrected chi connectivity index (χ4v) is 3.21. The smallest absolute Gasteiger partial charge is 0.354 e. The summed E-state index contributed by atoms with van der Waals surface area (Å²) in [6, 6.07) is 5.08. The zero-order valence-corrected chi connectivity index (χ0v) is 13.0. The number of anilines is 3. The van der Waals surface area contributed by atoms with Crippen LogP contribution in [-0.2, 0) is 0 Å². The minimum Gasteiger partial charge on any atom is -0.477 e. The number of urea groups is 1. The first kappa shape index (κ1) is 15.3. The summed E-state index contributed by atoms with van der Waals surface area (Å²) in [5.41, 5.74) is 0.597. The Kier molecular flexibility index (Phi) is 3.48. The molecule has 0 aliphatic carbocycles. The standard InChI is InChI=1S/C16H14FN5O3/c17-9-1-4-13(18-7-9)20-16(25)22-10-5-6-21(8-10)12-3-2-11(15(23)24)19-14(12)22/h1-4,7,10H,5-6,8H2,(H,23,24)(H,18,20,25)/t10-/m0/s1. The Morgan fingerprint density at radius 2 is 2.12 bits per heavy atom. The highest BCUT2D eigenvalue weighted by Crippen LogP contribution is 2.39. The number of carboxylic acids is 1. The molecule has 2 aliphatic heterocycles. The topological polar surface area (TPSA) is 98.7 Å². The van der Waals surface area contributed by atoms with Gasteiger partial charge >= 0.3 is 12.0 Å². The third-order valence-electron chi connectivity index (χ3n) is 4.35. The molecular weight excluding hydrogens is 329 g/mol. The molecule has 8 nitrogen and oxygen atoms in total. The maximum atomic E-state index is 13.0. The molecule has 0 unspecified atom stereocenters. The summed E-state index contributed by atoms with van der Waals surface area (Å²) in [6.45, 7) is 1.43. The quantitative estimate of drug-likeness (QED) is 0.865. The number of aromatic nitrogens is 2. The highest BCUT2D eigenvalue weighted by molar-refractivity contribution is 6.04. The van der Waals surface area contributed by atoms with Crippen LogP contribution in [0.25, 0.3) is 0 Å². The average molecular weight is 343 g/mol. The fraction of sp³-hybridized carbons (Fsp3) is 0.250. The molecule has 2 aromatic rings. The molecular formula is C16H14FN5O3. The van der Waals surface area contributed by atoms with Gasteiger partial charge < -0.3 is 10.0 Å². The summed E-state index contributed by atoms with van der Waals surface area (Å²) in [7, 11) is 0. The molecule has 1 fully saturated rings. The van der Waals surface area contributed by atoms with E-state index in [0.717, 1.165) is 24.8 Å². The van der Waals surface area contributed by atoms with Gasteiger partial charge in [0.25, 0.3) is 0 Å². The number of nitrogens with one attached hydrogen (secondary N) is 1. The Balaban J connectivity index is 1.69. The number of amides is 2. The highest BCUT2D eigenvalue weighted by Gasteiger charge is 2.40. The van der Waals surface area contributed by atoms with Crippen LogP contribution in [-0.4, -0.2) is 46.2 Å². The van der Waals surface area contributed by atoms with Gasteiger partial charge in [0.05, 0.1) is 17.9 Å². The minimum atomic E-state index is -1.16. The van der Waals surface area contributed by atoms with E-state index in [9.17, 15) is 19.1 Å². The van der Waals surface area contributed by atoms with E-state index in [2.05, 4.69) is 20.2 Å². The van der Waals surface area contributed by atoms with Crippen LogP contribution in [0.4, 0.5) is 26.5 Å². The lowest BCUT2D eigenvalue weighted by molar-refractivity contribution is 0.0690. The molecule has 0 saturated carbocycles. The van der Waals surface area contributed by atoms with E-state index >= 15 is 0 Å². The van der Waals surface area contributed by atoms with Gasteiger partial charge in [-0.2, -0.15) is 0 Å². The summed E-state index contributed by atoms with van der Waals surface area (Å²) >= 11 is 0. The van der Waals surface area contributed by atoms with E-state index < -0.39 is 17.8 Å². The molecule has 2 aliphatic rings. The SMILES string of the molecule is O=C(O)c1ccc2c(n1)N(C(=O)Nc1ccc(F)cn1)[C@H]1CCN2C1. The van der Waals surface area contributed by atoms with Gasteiger partial charge in [-0.25, -0.2) is 23.9 Å². The second-order valence-corrected chi connectivity index (χ2v) is 5.89. The second kappa shape index (κ2) is 5.69. The van der Waals surface area contributed by atoms with Gasteiger partial charge in [0, 0.05) is 13.1 Å². The molecule has 9 heteroatoms. The predicted molar refractivity (Wildman–Crippen MR) is 87.5 cm³/mol. The summed E-state index contributed by atoms with van der Waals surface area (Å²) < 4.78 is 13.0. The Hall–Kier alpha value is -3.23. The van der Waals surface area contributed by atoms with Crippen molar-refractivity contribution in [1.29, 1.82) is 0 Å². The molecule has 1 saturated heterocycles. The van der Waals surface area contributed by atoms with Gasteiger partial charge in [0.15, 0.2) is 11.5 Å². The molecule has 2 bridgehead atoms. The van der Waals surface area contributed by atoms with Gasteiger partial charge in [-0.05, 0) is 30.7 Å². The van der Waals surface area contributed by atoms with Crippen molar-refractivity contribution in [3.8, 4) is 0 Å². The molecule has 25 heavy (non-hydrogen) atoms. The van der Waals surface area contributed by atoms with Crippen molar-refractivity contribution in [1.82, 2.24) is 9.97 Å². The Morgan fingerprint density at radius 3 is 2.84 bits per heavy atom. The third-order valence-corrected chi connectivity index (χ3v) is 4.35. The van der Waals surface area contributed by atoms with Crippen LogP contribution < -0.4 is 15.1 Å². The Bertz CT molecular complexity index is 857. The number of halogens is 1. The van der Waals surface area contributed by atoms with E-state index in [1.54, 1.807) is 6.07 Å². The van der Waals surface area contributed by atoms with Crippen molar-refractivity contribution in [3.63, 3.8) is 0 Å². The molecule has 2 N–H and O–H groups in total. The Labute approximate surface area is 141 Å². The van der Waals surface area contributed by atoms with Gasteiger partial charge in [-0.3, -0.25) is 10.2 Å². The largest absolute Gasteiger partial charge is 0.477 e. The number of fused-ring (bicyclic) bond motifs is 4. The lowest BCUT2D eigenvalue weighted by Crippen LogP contribution is -2.48. The van der Waals surface area contributed by atoms with Crippen molar-refractivity contribution in [2.24, 2.45) is 0 Å². The first-order valence-corrected chi connectivity index (χ1v) is 7.74. The monoisotopic (exact) mass is 343 g/mol. The van der Waals surface area contributed by atoms with E-state index in [1.165, 1.54) is 23.1 Å². The van der Waals surface area contributed by atoms with Crippen molar-refractivity contribution >= 4 is 29.3 Å². The predicted octanol–water partition coefficient (Wildman–Crippen LogP) is 1.94. The van der Waals surface area contributed by atoms with Gasteiger partial charge in [-0.1, -0.05) is 0 Å². The van der Waals surface area contributed by atoms with Crippen molar-refractivity contribution in [2.45, 2.75) is 12.5 Å². The maximum Gasteiger partial charge on any atom is 0.354 e. The van der Waals surface area contributed by atoms with E-state index in [0.29, 0.717) is 12.4 Å². The number of pyridine rings is 2. The lowest BCUT2D eigenvalue weighted by Gasteiger charge is -2.35. The molecule has 2 amide bonds. The molecule has 1 atom stereocenters. The fourth-order valence-electron chi connectivity index (χ4n) is 3.21. The number of hydrogen-bond acceptors (Lipinski definition) is 5. The van der Waals surface area contributed by atoms with Crippen molar-refractivity contribution in [3.05, 3.63) is 42.0 Å². The molecule has 4 rings (SSSR count). The van der Waals surface area contributed by atoms with E-state index in [4.69, 9.17) is 0 Å². The van der Waals surface area contributed by atoms with Crippen LogP contribution in [0.15, 0.2) is 30.5 Å². The number of carboxylic acid groups (broad SMARTS) is 1. The first-order chi connectivity index (χ1) is 12.0. The van der Waals surface area contributed by atoms with Crippen LogP contribution in [0.5, 0.6) is 0 Å². The van der Waals surface area contributed by atoms with Crippen LogP contribution >= 0.6 is 0 Å². The molecule has 0 spiro atoms. The van der Waals surface area contributed by atoms with Gasteiger partial charge in [0.1, 0.15) is 11.6 Å². The molecule has 2 aromatic heterocycles. The summed E-state index contributed by atoms with van der Waals surface area (Å²) in [6.07, 6.45) is 1.76. The van der Waals surface area contributed by atoms with Gasteiger partial charge in [-0.15, -0.1) is 0 Å². The van der Waals surface area contributed by atoms with Crippen LogP contribution in [0.3, 0.4) is 0 Å². The average Bonchev–Trinajstić information content (AvgIpc) is 3.01. The summed E-state index contributed by atoms with van der Waals surface area (Å²) in [4.78, 5) is 35.5. The number of carbonyl (C=O) groups is 2. The van der Waals surface area contributed by atoms with Crippen LogP contribution in [0.2, 0.25) is 0 Å². The van der Waals surface area contributed by atoms with E-state index in [-0.39, 0.29) is 17.6 Å². The van der Waals surface area contributed by atoms with Gasteiger partial charge in [0.2, 0.25) is 0 Å². The normalized spacial score (nSPS) is 18.0. The zero-order chi connectivity index (χ0) is 17.6. The molecule has 128 valence electrons. The zero-order valence-electron chi connectivity index (χ0n) is 13.0. The first-order valence-electron chi connectivity index (χ1n) is 7.74. The lowest BCUT2D eigenvalue weighted by atomic mass is 10.2. The Morgan fingerprint density at radius 1 is 1.28 bits per heavy atom. The second-order valence-electron chi connectivity index (χ2n) is 5.89. The number of aromatic carboxylic acids is 1. The maximum absolute atomic E-state index is 13.0. The molecule has 4 heterocycles. The van der Waals surface area contributed by atoms with E-state index in [1.807, 2.05) is 0 Å². The number of rotatable bonds is 2. The molecule has 0 radical (unpaired) electrons. The molecule has 0 aromatic carbocycles. The third kappa shape index (κ3) is 2.63. The number of carbonyl (C=O) groups excluding carboxylic acids is 1. The highest BCUT2D eigenvalue weighted by atomic mass is 19.1. The number of hydrogen-bond donors (Lipinski definition) is 2. The van der Waals surface area contributed by atoms with Crippen molar-refractivity contribution in [2.75, 3.05) is 28.2 Å². The minimum absolute atomic E-state index is 0.107. The number of nitrogens with zero attached hydrogens (tertiary/aromatic N) is 4.